The van der Waals surface area contributed by atoms with Crippen LogP contribution in [0, 0.1) is 0 Å². The summed E-state index contributed by atoms with van der Waals surface area (Å²) < 4.78 is 10.6. The molecule has 0 rings (SSSR count). The Morgan fingerprint density at radius 1 is 0.535 bits per heavy atom. The Bertz CT molecular complexity index is 696. The molecule has 0 saturated carbocycles. The van der Waals surface area contributed by atoms with E-state index in [1.54, 1.807) is 0 Å². The molecule has 1 atom stereocenters. The molecule has 0 aromatic heterocycles. The zero-order chi connectivity index (χ0) is 31.5. The maximum Gasteiger partial charge on any atom is 0.306 e. The van der Waals surface area contributed by atoms with Crippen molar-refractivity contribution < 1.29 is 24.2 Å². The second-order valence-corrected chi connectivity index (χ2v) is 11.9. The molecule has 1 N–H and O–H groups in total. The number of carbonyl (C=O) groups excluding carboxylic acids is 2. The molecule has 43 heavy (non-hydrogen) atoms. The van der Waals surface area contributed by atoms with E-state index in [4.69, 9.17) is 9.47 Å². The van der Waals surface area contributed by atoms with Gasteiger partial charge in [0.05, 0.1) is 6.61 Å². The van der Waals surface area contributed by atoms with Crippen molar-refractivity contribution in [1.82, 2.24) is 0 Å². The highest BCUT2D eigenvalue weighted by Gasteiger charge is 2.16. The number of aliphatic hydroxyl groups is 1. The van der Waals surface area contributed by atoms with Crippen LogP contribution in [0.5, 0.6) is 0 Å². The number of allylic oxidation sites excluding steroid dienone is 6. The fourth-order valence-electron chi connectivity index (χ4n) is 4.87. The summed E-state index contributed by atoms with van der Waals surface area (Å²) in [5.74, 6) is -0.612. The Hall–Kier alpha value is -1.88. The molecule has 0 amide bonds. The molecule has 0 aromatic rings. The minimum absolute atomic E-state index is 0.0728. The summed E-state index contributed by atoms with van der Waals surface area (Å²) in [5.41, 5.74) is 0. The van der Waals surface area contributed by atoms with E-state index in [0.29, 0.717) is 12.8 Å². The number of aliphatic hydroxyl groups excluding tert-OH is 1. The standard InChI is InChI=1S/C38H68O5/c1-3-5-7-9-11-13-15-17-18-19-20-21-23-25-27-29-31-33-38(41)43-36(34-39)35-42-37(40)32-30-28-26-24-22-16-14-12-10-8-6-4-2/h11-14,17-18,36,39H,3-10,15-16,19-35H2,1-2H3/b13-11-,14-12-,18-17-/t36-/m0/s1. The second kappa shape index (κ2) is 34.6. The molecule has 0 aliphatic carbocycles. The van der Waals surface area contributed by atoms with Crippen molar-refractivity contribution in [1.29, 1.82) is 0 Å². The van der Waals surface area contributed by atoms with E-state index in [1.807, 2.05) is 0 Å². The predicted molar refractivity (Wildman–Crippen MR) is 182 cm³/mol. The number of esters is 2. The summed E-state index contributed by atoms with van der Waals surface area (Å²) in [6.07, 6.45) is 40.5. The third-order valence-electron chi connectivity index (χ3n) is 7.66. The maximum absolute atomic E-state index is 12.1. The lowest BCUT2D eigenvalue weighted by molar-refractivity contribution is -0.161. The molecule has 0 saturated heterocycles. The normalized spacial score (nSPS) is 12.5. The van der Waals surface area contributed by atoms with E-state index < -0.39 is 6.10 Å². The van der Waals surface area contributed by atoms with E-state index in [0.717, 1.165) is 57.8 Å². The Balaban J connectivity index is 3.60. The highest BCUT2D eigenvalue weighted by molar-refractivity contribution is 5.70. The fraction of sp³-hybridized carbons (Fsp3) is 0.789. The van der Waals surface area contributed by atoms with Crippen LogP contribution >= 0.6 is 0 Å². The number of ether oxygens (including phenoxy) is 2. The van der Waals surface area contributed by atoms with Crippen LogP contribution in [0.25, 0.3) is 0 Å². The molecule has 0 heterocycles. The number of unbranched alkanes of at least 4 members (excludes halogenated alkanes) is 18. The first-order valence-electron chi connectivity index (χ1n) is 18.0. The molecule has 0 radical (unpaired) electrons. The molecule has 250 valence electrons. The van der Waals surface area contributed by atoms with Gasteiger partial charge in [0.2, 0.25) is 0 Å². The molecule has 0 bridgehead atoms. The second-order valence-electron chi connectivity index (χ2n) is 11.9. The van der Waals surface area contributed by atoms with Gasteiger partial charge in [0.1, 0.15) is 6.61 Å². The summed E-state index contributed by atoms with van der Waals surface area (Å²) in [4.78, 5) is 24.1. The highest BCUT2D eigenvalue weighted by Crippen LogP contribution is 2.12. The van der Waals surface area contributed by atoms with Crippen molar-refractivity contribution in [3.05, 3.63) is 36.5 Å². The number of carbonyl (C=O) groups is 2. The van der Waals surface area contributed by atoms with Crippen molar-refractivity contribution in [3.8, 4) is 0 Å². The Labute approximate surface area is 266 Å². The molecule has 0 aliphatic rings. The summed E-state index contributed by atoms with van der Waals surface area (Å²) in [6.45, 7) is 4.06. The van der Waals surface area contributed by atoms with Crippen LogP contribution in [0.2, 0.25) is 0 Å². The average molecular weight is 605 g/mol. The summed E-state index contributed by atoms with van der Waals surface area (Å²) in [6, 6.07) is 0. The molecule has 0 unspecified atom stereocenters. The van der Waals surface area contributed by atoms with Gasteiger partial charge in [-0.25, -0.2) is 0 Å². The van der Waals surface area contributed by atoms with Crippen LogP contribution in [-0.2, 0) is 19.1 Å². The van der Waals surface area contributed by atoms with Gasteiger partial charge in [-0.05, 0) is 70.6 Å². The van der Waals surface area contributed by atoms with Crippen LogP contribution in [0.15, 0.2) is 36.5 Å². The highest BCUT2D eigenvalue weighted by atomic mass is 16.6. The lowest BCUT2D eigenvalue weighted by Crippen LogP contribution is -2.28. The molecule has 5 nitrogen and oxygen atoms in total. The number of hydrogen-bond donors (Lipinski definition) is 1. The zero-order valence-electron chi connectivity index (χ0n) is 28.2. The van der Waals surface area contributed by atoms with E-state index in [-0.39, 0.29) is 25.2 Å². The maximum atomic E-state index is 12.1. The van der Waals surface area contributed by atoms with Crippen LogP contribution in [0.4, 0.5) is 0 Å². The van der Waals surface area contributed by atoms with Gasteiger partial charge < -0.3 is 14.6 Å². The van der Waals surface area contributed by atoms with Crippen LogP contribution in [0.3, 0.4) is 0 Å². The smallest absolute Gasteiger partial charge is 0.306 e. The minimum atomic E-state index is -0.776. The SMILES string of the molecule is CCCCC/C=C\C/C=C\CCCCCCCCCC(=O)O[C@@H](CO)COC(=O)CCCCCCC/C=C\CCCCC. The van der Waals surface area contributed by atoms with E-state index in [2.05, 4.69) is 50.3 Å². The third-order valence-corrected chi connectivity index (χ3v) is 7.66. The van der Waals surface area contributed by atoms with Crippen molar-refractivity contribution in [2.24, 2.45) is 0 Å². The quantitative estimate of drug-likeness (QED) is 0.0470. The first kappa shape index (κ1) is 41.1. The van der Waals surface area contributed by atoms with Crippen LogP contribution in [-0.4, -0.2) is 36.4 Å². The summed E-state index contributed by atoms with van der Waals surface area (Å²) in [5, 5.41) is 9.52. The first-order chi connectivity index (χ1) is 21.1. The molecule has 0 aromatic carbocycles. The van der Waals surface area contributed by atoms with Gasteiger partial charge in [-0.3, -0.25) is 9.59 Å². The van der Waals surface area contributed by atoms with Gasteiger partial charge >= 0.3 is 11.9 Å². The van der Waals surface area contributed by atoms with Gasteiger partial charge in [0.15, 0.2) is 6.10 Å². The van der Waals surface area contributed by atoms with Gasteiger partial charge in [-0.2, -0.15) is 0 Å². The van der Waals surface area contributed by atoms with Crippen LogP contribution in [0.1, 0.15) is 174 Å². The molecule has 0 spiro atoms. The molecule has 0 fully saturated rings. The van der Waals surface area contributed by atoms with Crippen molar-refractivity contribution in [2.75, 3.05) is 13.2 Å². The Kier molecular flexibility index (Phi) is 33.1. The zero-order valence-corrected chi connectivity index (χ0v) is 28.2. The topological polar surface area (TPSA) is 72.8 Å². The van der Waals surface area contributed by atoms with Crippen LogP contribution < -0.4 is 0 Å². The van der Waals surface area contributed by atoms with Gasteiger partial charge in [0.25, 0.3) is 0 Å². The largest absolute Gasteiger partial charge is 0.462 e. The summed E-state index contributed by atoms with van der Waals surface area (Å²) in [7, 11) is 0. The van der Waals surface area contributed by atoms with Gasteiger partial charge in [0, 0.05) is 12.8 Å². The van der Waals surface area contributed by atoms with Gasteiger partial charge in [-0.15, -0.1) is 0 Å². The first-order valence-corrected chi connectivity index (χ1v) is 18.0. The lowest BCUT2D eigenvalue weighted by atomic mass is 10.1. The molecule has 5 heteroatoms. The Morgan fingerprint density at radius 3 is 1.40 bits per heavy atom. The average Bonchev–Trinajstić information content (AvgIpc) is 3.01. The molecular weight excluding hydrogens is 536 g/mol. The Morgan fingerprint density at radius 2 is 0.930 bits per heavy atom. The van der Waals surface area contributed by atoms with Gasteiger partial charge in [-0.1, -0.05) is 127 Å². The molecular formula is C38H68O5. The van der Waals surface area contributed by atoms with E-state index in [1.165, 1.54) is 89.9 Å². The molecule has 0 aliphatic heterocycles. The predicted octanol–water partition coefficient (Wildman–Crippen LogP) is 10.9. The summed E-state index contributed by atoms with van der Waals surface area (Å²) >= 11 is 0. The van der Waals surface area contributed by atoms with E-state index >= 15 is 0 Å². The number of rotatable bonds is 32. The van der Waals surface area contributed by atoms with Crippen molar-refractivity contribution in [2.45, 2.75) is 180 Å². The third kappa shape index (κ3) is 32.9. The fourth-order valence-corrected chi connectivity index (χ4v) is 4.87. The monoisotopic (exact) mass is 605 g/mol. The van der Waals surface area contributed by atoms with E-state index in [9.17, 15) is 14.7 Å². The minimum Gasteiger partial charge on any atom is -0.462 e. The number of hydrogen-bond acceptors (Lipinski definition) is 5. The van der Waals surface area contributed by atoms with Crippen molar-refractivity contribution in [3.63, 3.8) is 0 Å². The van der Waals surface area contributed by atoms with Crippen molar-refractivity contribution >= 4 is 11.9 Å². The lowest BCUT2D eigenvalue weighted by Gasteiger charge is -2.15.